The second kappa shape index (κ2) is 8.84. The fraction of sp³-hybridized carbons (Fsp3) is 0.450. The van der Waals surface area contributed by atoms with Gasteiger partial charge < -0.3 is 14.7 Å². The van der Waals surface area contributed by atoms with E-state index in [0.717, 1.165) is 11.5 Å². The van der Waals surface area contributed by atoms with Gasteiger partial charge in [-0.05, 0) is 19.1 Å². The van der Waals surface area contributed by atoms with Crippen LogP contribution < -0.4 is 10.4 Å². The van der Waals surface area contributed by atoms with Crippen molar-refractivity contribution in [3.8, 4) is 0 Å². The van der Waals surface area contributed by atoms with Crippen LogP contribution in [0.25, 0.3) is 0 Å². The van der Waals surface area contributed by atoms with Gasteiger partial charge in [-0.15, -0.1) is 0 Å². The van der Waals surface area contributed by atoms with Crippen LogP contribution in [0, 0.1) is 6.92 Å². The Balaban J connectivity index is 1.31. The van der Waals surface area contributed by atoms with Crippen molar-refractivity contribution in [2.45, 2.75) is 11.8 Å². The first kappa shape index (κ1) is 21.6. The highest BCUT2D eigenvalue weighted by atomic mass is 32.2. The number of piperazine rings is 2. The summed E-state index contributed by atoms with van der Waals surface area (Å²) in [5.74, 6) is 0.876. The molecule has 1 aromatic carbocycles. The van der Waals surface area contributed by atoms with Crippen LogP contribution in [-0.4, -0.2) is 98.7 Å². The molecule has 2 aliphatic heterocycles. The van der Waals surface area contributed by atoms with Crippen LogP contribution in [0.2, 0.25) is 0 Å². The molecule has 2 amide bonds. The molecule has 0 N–H and O–H groups in total. The topological polar surface area (TPSA) is 90.0 Å². The summed E-state index contributed by atoms with van der Waals surface area (Å²) in [4.78, 5) is 27.3. The summed E-state index contributed by atoms with van der Waals surface area (Å²) >= 11 is 0. The molecule has 0 spiro atoms. The van der Waals surface area contributed by atoms with Gasteiger partial charge in [0.2, 0.25) is 10.0 Å². The van der Waals surface area contributed by atoms with Crippen molar-refractivity contribution < 1.29 is 13.2 Å². The number of carbonyl (C=O) groups excluding carboxylic acids is 1. The lowest BCUT2D eigenvalue weighted by Crippen LogP contribution is -2.57. The van der Waals surface area contributed by atoms with Crippen molar-refractivity contribution in [2.75, 3.05) is 57.3 Å². The maximum Gasteiger partial charge on any atom is 0.320 e. The Morgan fingerprint density at radius 1 is 0.903 bits per heavy atom. The van der Waals surface area contributed by atoms with E-state index < -0.39 is 10.0 Å². The summed E-state index contributed by atoms with van der Waals surface area (Å²) in [6.45, 7) is 5.84. The van der Waals surface area contributed by atoms with Crippen LogP contribution in [-0.2, 0) is 10.0 Å². The van der Waals surface area contributed by atoms with Crippen LogP contribution in [0.5, 0.6) is 0 Å². The minimum Gasteiger partial charge on any atom is -0.353 e. The Morgan fingerprint density at radius 2 is 1.48 bits per heavy atom. The van der Waals surface area contributed by atoms with Crippen molar-refractivity contribution >= 4 is 35.2 Å². The monoisotopic (exact) mass is 440 g/mol. The van der Waals surface area contributed by atoms with Crippen molar-refractivity contribution in [3.63, 3.8) is 0 Å². The van der Waals surface area contributed by atoms with Crippen LogP contribution in [0.1, 0.15) is 5.69 Å². The van der Waals surface area contributed by atoms with Crippen molar-refractivity contribution in [3.05, 3.63) is 42.4 Å². The number of anilines is 1. The van der Waals surface area contributed by atoms with E-state index >= 15 is 0 Å². The molecule has 1 aromatic heterocycles. The summed E-state index contributed by atoms with van der Waals surface area (Å²) in [6.07, 6.45) is 1.56. The summed E-state index contributed by atoms with van der Waals surface area (Å²) in [5.41, 5.74) is 1.43. The zero-order valence-electron chi connectivity index (χ0n) is 17.5. The van der Waals surface area contributed by atoms with Crippen molar-refractivity contribution in [1.29, 1.82) is 0 Å². The molecule has 11 heteroatoms. The second-order valence-electron chi connectivity index (χ2n) is 7.73. The van der Waals surface area contributed by atoms with E-state index in [2.05, 4.69) is 14.9 Å². The van der Waals surface area contributed by atoms with Gasteiger partial charge in [-0.25, -0.2) is 23.2 Å². The predicted octanol–water partition coefficient (Wildman–Crippen LogP) is -0.173. The van der Waals surface area contributed by atoms with Gasteiger partial charge in [0, 0.05) is 64.1 Å². The molecule has 3 heterocycles. The Morgan fingerprint density at radius 3 is 2.06 bits per heavy atom. The van der Waals surface area contributed by atoms with Crippen molar-refractivity contribution in [2.24, 2.45) is 0 Å². The van der Waals surface area contributed by atoms with Gasteiger partial charge in [-0.3, -0.25) is 0 Å². The van der Waals surface area contributed by atoms with Gasteiger partial charge in [0.05, 0.1) is 4.90 Å². The first-order valence-electron chi connectivity index (χ1n) is 10.3. The Hall–Kier alpha value is -2.66. The standard InChI is InChI=1S/C20H25BN6O3S/c1-16-14-19(23-15-22-16)24-6-8-25(9-7-24)20(28)26-10-12-27(13-11-26)31(29,30)18-4-2-17(21)3-5-18/h2-5,14-15H,6-13H2,1H3. The number of carbonyl (C=O) groups is 1. The van der Waals surface area contributed by atoms with Crippen LogP contribution in [0.4, 0.5) is 10.6 Å². The van der Waals surface area contributed by atoms with E-state index in [4.69, 9.17) is 7.85 Å². The van der Waals surface area contributed by atoms with E-state index in [9.17, 15) is 13.2 Å². The molecule has 0 unspecified atom stereocenters. The Kier molecular flexibility index (Phi) is 6.15. The second-order valence-corrected chi connectivity index (χ2v) is 9.67. The van der Waals surface area contributed by atoms with Crippen molar-refractivity contribution in [1.82, 2.24) is 24.1 Å². The minimum absolute atomic E-state index is 0.0388. The SMILES string of the molecule is [B]c1ccc(S(=O)(=O)N2CCN(C(=O)N3CCN(c4cc(C)ncn4)CC3)CC2)cc1. The Labute approximate surface area is 184 Å². The summed E-state index contributed by atoms with van der Waals surface area (Å²) in [5, 5.41) is 0. The molecule has 0 atom stereocenters. The first-order chi connectivity index (χ1) is 14.8. The number of urea groups is 1. The van der Waals surface area contributed by atoms with E-state index in [1.807, 2.05) is 17.9 Å². The Bertz CT molecular complexity index is 1030. The number of benzene rings is 1. The minimum atomic E-state index is -3.59. The molecule has 2 aromatic rings. The smallest absolute Gasteiger partial charge is 0.320 e. The van der Waals surface area contributed by atoms with E-state index in [0.29, 0.717) is 44.7 Å². The highest BCUT2D eigenvalue weighted by Gasteiger charge is 2.32. The van der Waals surface area contributed by atoms with Gasteiger partial charge in [-0.1, -0.05) is 17.6 Å². The van der Waals surface area contributed by atoms with E-state index in [1.165, 1.54) is 16.4 Å². The number of sulfonamides is 1. The highest BCUT2D eigenvalue weighted by molar-refractivity contribution is 7.89. The largest absolute Gasteiger partial charge is 0.353 e. The molecule has 2 aliphatic rings. The quantitative estimate of drug-likeness (QED) is 0.616. The number of hydrogen-bond donors (Lipinski definition) is 0. The summed E-state index contributed by atoms with van der Waals surface area (Å²) in [7, 11) is 2.07. The number of nitrogens with zero attached hydrogens (tertiary/aromatic N) is 6. The maximum atomic E-state index is 12.9. The zero-order chi connectivity index (χ0) is 22.0. The average molecular weight is 440 g/mol. The van der Waals surface area contributed by atoms with Gasteiger partial charge in [0.25, 0.3) is 0 Å². The lowest BCUT2D eigenvalue weighted by molar-refractivity contribution is 0.132. The third-order valence-electron chi connectivity index (χ3n) is 5.69. The molecule has 4 rings (SSSR count). The number of rotatable bonds is 3. The molecule has 162 valence electrons. The maximum absolute atomic E-state index is 12.9. The van der Waals surface area contributed by atoms with Crippen LogP contribution in [0.15, 0.2) is 41.6 Å². The molecule has 0 aliphatic carbocycles. The lowest BCUT2D eigenvalue weighted by atomic mass is 9.97. The molecule has 0 saturated carbocycles. The molecule has 9 nitrogen and oxygen atoms in total. The molecular weight excluding hydrogens is 415 g/mol. The average Bonchev–Trinajstić information content (AvgIpc) is 2.79. The molecule has 2 radical (unpaired) electrons. The van der Waals surface area contributed by atoms with E-state index in [-0.39, 0.29) is 24.0 Å². The zero-order valence-corrected chi connectivity index (χ0v) is 18.3. The normalized spacial score (nSPS) is 18.3. The molecule has 2 saturated heterocycles. The molecule has 0 bridgehead atoms. The number of amides is 2. The molecule has 31 heavy (non-hydrogen) atoms. The third kappa shape index (κ3) is 4.67. The van der Waals surface area contributed by atoms with E-state index in [1.54, 1.807) is 23.4 Å². The highest BCUT2D eigenvalue weighted by Crippen LogP contribution is 2.19. The first-order valence-corrected chi connectivity index (χ1v) is 11.7. The number of aryl methyl sites for hydroxylation is 1. The summed E-state index contributed by atoms with van der Waals surface area (Å²) < 4.78 is 27.1. The van der Waals surface area contributed by atoms with Crippen LogP contribution in [0.3, 0.4) is 0 Å². The van der Waals surface area contributed by atoms with Gasteiger partial charge in [-0.2, -0.15) is 4.31 Å². The van der Waals surface area contributed by atoms with Gasteiger partial charge >= 0.3 is 6.03 Å². The summed E-state index contributed by atoms with van der Waals surface area (Å²) in [6, 6.07) is 8.09. The predicted molar refractivity (Wildman–Crippen MR) is 118 cm³/mol. The number of aromatic nitrogens is 2. The fourth-order valence-electron chi connectivity index (χ4n) is 3.85. The molecular formula is C20H25BN6O3S. The fourth-order valence-corrected chi connectivity index (χ4v) is 5.27. The number of hydrogen-bond acceptors (Lipinski definition) is 6. The van der Waals surface area contributed by atoms with Gasteiger partial charge in [0.1, 0.15) is 20.0 Å². The van der Waals surface area contributed by atoms with Gasteiger partial charge in [0.15, 0.2) is 0 Å². The lowest BCUT2D eigenvalue weighted by Gasteiger charge is -2.40. The van der Waals surface area contributed by atoms with Crippen LogP contribution >= 0.6 is 0 Å². The third-order valence-corrected chi connectivity index (χ3v) is 7.60. The molecule has 2 fully saturated rings.